The van der Waals surface area contributed by atoms with E-state index in [0.29, 0.717) is 12.4 Å². The molecule has 0 saturated carbocycles. The molecule has 0 saturated heterocycles. The number of rotatable bonds is 6. The lowest BCUT2D eigenvalue weighted by Gasteiger charge is -2.35. The van der Waals surface area contributed by atoms with Gasteiger partial charge in [-0.3, -0.25) is 4.90 Å². The highest BCUT2D eigenvalue weighted by molar-refractivity contribution is 5.85. The van der Waals surface area contributed by atoms with Crippen LogP contribution in [0.5, 0.6) is 0 Å². The number of benzene rings is 1. The normalized spacial score (nSPS) is 18.1. The average Bonchev–Trinajstić information content (AvgIpc) is 2.55. The number of aryl methyl sites for hydroxylation is 1. The smallest absolute Gasteiger partial charge is 0.220 e. The molecule has 0 bridgehead atoms. The van der Waals surface area contributed by atoms with Crippen molar-refractivity contribution in [1.29, 1.82) is 0 Å². The van der Waals surface area contributed by atoms with Crippen LogP contribution in [0, 0.1) is 6.92 Å². The monoisotopic (exact) mass is 329 g/mol. The molecular weight excluding hydrogens is 302 g/mol. The van der Waals surface area contributed by atoms with Crippen molar-refractivity contribution in [3.63, 3.8) is 0 Å². The Bertz CT molecular complexity index is 636. The lowest BCUT2D eigenvalue weighted by Crippen LogP contribution is -2.50. The van der Waals surface area contributed by atoms with Crippen molar-refractivity contribution in [1.82, 2.24) is 15.2 Å². The molecule has 1 atom stereocenters. The summed E-state index contributed by atoms with van der Waals surface area (Å²) in [5, 5.41) is 13.4. The zero-order valence-electron chi connectivity index (χ0n) is 14.9. The fraction of sp³-hybridized carbons (Fsp3) is 0.444. The van der Waals surface area contributed by atoms with Gasteiger partial charge in [0.15, 0.2) is 0 Å². The molecule has 1 aliphatic heterocycles. The predicted octanol–water partition coefficient (Wildman–Crippen LogP) is 1.76. The van der Waals surface area contributed by atoms with Crippen LogP contribution >= 0.6 is 0 Å². The molecule has 2 rings (SSSR count). The molecule has 1 heterocycles. The molecule has 0 amide bonds. The number of aliphatic imine (C=N–C) groups is 1. The number of allylic oxidation sites excluding steroid dienone is 1. The van der Waals surface area contributed by atoms with Crippen LogP contribution in [-0.2, 0) is 0 Å². The van der Waals surface area contributed by atoms with Crippen LogP contribution in [0.1, 0.15) is 24.0 Å². The van der Waals surface area contributed by atoms with Crippen molar-refractivity contribution in [2.45, 2.75) is 25.9 Å². The summed E-state index contributed by atoms with van der Waals surface area (Å²) in [5.74, 6) is 0.702. The molecule has 0 aliphatic carbocycles. The third kappa shape index (κ3) is 4.91. The van der Waals surface area contributed by atoms with Crippen LogP contribution in [0.3, 0.4) is 0 Å². The van der Waals surface area contributed by atoms with E-state index in [0.717, 1.165) is 17.7 Å². The van der Waals surface area contributed by atoms with E-state index in [1.807, 2.05) is 38.2 Å². The first kappa shape index (κ1) is 18.2. The van der Waals surface area contributed by atoms with E-state index in [9.17, 15) is 0 Å². The molecule has 24 heavy (non-hydrogen) atoms. The maximum Gasteiger partial charge on any atom is 0.220 e. The van der Waals surface area contributed by atoms with E-state index >= 15 is 0 Å². The Balaban J connectivity index is 2.11. The number of aliphatic hydroxyl groups excluding tert-OH is 1. The quantitative estimate of drug-likeness (QED) is 0.617. The minimum absolute atomic E-state index is 0.105. The summed E-state index contributed by atoms with van der Waals surface area (Å²) in [5.41, 5.74) is 6.26. The summed E-state index contributed by atoms with van der Waals surface area (Å²) >= 11 is 0. The molecule has 1 aliphatic rings. The molecular formula is C18H27N5O. The zero-order valence-corrected chi connectivity index (χ0v) is 14.9. The van der Waals surface area contributed by atoms with Crippen LogP contribution in [-0.4, -0.2) is 61.0 Å². The Hall–Kier alpha value is -2.18. The van der Waals surface area contributed by atoms with Crippen molar-refractivity contribution in [3.05, 3.63) is 47.2 Å². The molecule has 2 N–H and O–H groups in total. The van der Waals surface area contributed by atoms with Crippen molar-refractivity contribution >= 4 is 12.2 Å². The number of aliphatic hydroxyl groups is 1. The molecule has 0 spiro atoms. The van der Waals surface area contributed by atoms with Crippen molar-refractivity contribution in [2.24, 2.45) is 10.1 Å². The summed E-state index contributed by atoms with van der Waals surface area (Å²) in [6.07, 6.45) is 5.47. The number of hydrogen-bond donors (Lipinski definition) is 2. The summed E-state index contributed by atoms with van der Waals surface area (Å²) in [6, 6.07) is 8.16. The Morgan fingerprint density at radius 3 is 2.88 bits per heavy atom. The molecule has 6 nitrogen and oxygen atoms in total. The number of hydrogen-bond acceptors (Lipinski definition) is 6. The van der Waals surface area contributed by atoms with Gasteiger partial charge in [-0.1, -0.05) is 29.8 Å². The minimum Gasteiger partial charge on any atom is -0.396 e. The molecule has 1 aromatic carbocycles. The Labute approximate surface area is 144 Å². The van der Waals surface area contributed by atoms with Gasteiger partial charge in [0, 0.05) is 19.4 Å². The third-order valence-corrected chi connectivity index (χ3v) is 3.86. The molecule has 1 aromatic rings. The van der Waals surface area contributed by atoms with Crippen LogP contribution in [0.2, 0.25) is 0 Å². The standard InChI is InChI=1S/C18H27N5O/c1-14-7-5-8-15(11-14)13-19-21-18-20-16(9-6-10-24)12-17(22(2)3)23(18)4/h5,7-8,11-13,17,24H,6,9-10H2,1-4H3,(H,20,21)/b19-13+. The lowest BCUT2D eigenvalue weighted by atomic mass is 10.2. The van der Waals surface area contributed by atoms with Gasteiger partial charge in [-0.25, -0.2) is 10.4 Å². The second kappa shape index (κ2) is 8.61. The maximum atomic E-state index is 9.04. The Morgan fingerprint density at radius 2 is 2.21 bits per heavy atom. The van der Waals surface area contributed by atoms with Gasteiger partial charge >= 0.3 is 0 Å². The Morgan fingerprint density at radius 1 is 1.42 bits per heavy atom. The molecule has 1 unspecified atom stereocenters. The van der Waals surface area contributed by atoms with E-state index < -0.39 is 0 Å². The van der Waals surface area contributed by atoms with Gasteiger partial charge in [-0.15, -0.1) is 0 Å². The average molecular weight is 329 g/mol. The van der Waals surface area contributed by atoms with E-state index in [4.69, 9.17) is 5.11 Å². The van der Waals surface area contributed by atoms with Gasteiger partial charge in [0.05, 0.1) is 6.21 Å². The van der Waals surface area contributed by atoms with Crippen molar-refractivity contribution in [2.75, 3.05) is 27.7 Å². The highest BCUT2D eigenvalue weighted by Gasteiger charge is 2.23. The van der Waals surface area contributed by atoms with E-state index in [2.05, 4.69) is 45.6 Å². The molecule has 0 radical (unpaired) electrons. The molecule has 130 valence electrons. The van der Waals surface area contributed by atoms with E-state index in [1.165, 1.54) is 5.56 Å². The van der Waals surface area contributed by atoms with Crippen LogP contribution < -0.4 is 5.43 Å². The van der Waals surface area contributed by atoms with Gasteiger partial charge < -0.3 is 10.0 Å². The summed E-state index contributed by atoms with van der Waals surface area (Å²) in [4.78, 5) is 8.77. The first-order chi connectivity index (χ1) is 11.5. The second-order valence-electron chi connectivity index (χ2n) is 6.19. The number of likely N-dealkylation sites (N-methyl/N-ethyl adjacent to an activating group) is 2. The topological polar surface area (TPSA) is 63.5 Å². The predicted molar refractivity (Wildman–Crippen MR) is 99.0 cm³/mol. The van der Waals surface area contributed by atoms with Crippen LogP contribution in [0.25, 0.3) is 0 Å². The Kier molecular flexibility index (Phi) is 6.52. The number of hydrazone groups is 1. The van der Waals surface area contributed by atoms with Crippen LogP contribution in [0.15, 0.2) is 46.1 Å². The fourth-order valence-corrected chi connectivity index (χ4v) is 2.58. The van der Waals surface area contributed by atoms with Crippen molar-refractivity contribution in [3.8, 4) is 0 Å². The van der Waals surface area contributed by atoms with Gasteiger partial charge in [0.25, 0.3) is 0 Å². The highest BCUT2D eigenvalue weighted by atomic mass is 16.2. The largest absolute Gasteiger partial charge is 0.396 e. The summed E-state index contributed by atoms with van der Waals surface area (Å²) in [6.45, 7) is 2.23. The van der Waals surface area contributed by atoms with Crippen molar-refractivity contribution < 1.29 is 5.11 Å². The number of nitrogens with zero attached hydrogens (tertiary/aromatic N) is 4. The first-order valence-corrected chi connectivity index (χ1v) is 8.16. The lowest BCUT2D eigenvalue weighted by molar-refractivity contribution is 0.203. The molecule has 0 aromatic heterocycles. The van der Waals surface area contributed by atoms with Gasteiger partial charge in [-0.2, -0.15) is 5.10 Å². The maximum absolute atomic E-state index is 9.04. The zero-order chi connectivity index (χ0) is 17.5. The summed E-state index contributed by atoms with van der Waals surface area (Å²) in [7, 11) is 6.04. The van der Waals surface area contributed by atoms with Gasteiger partial charge in [0.1, 0.15) is 6.17 Å². The first-order valence-electron chi connectivity index (χ1n) is 8.16. The fourth-order valence-electron chi connectivity index (χ4n) is 2.58. The second-order valence-corrected chi connectivity index (χ2v) is 6.19. The molecule has 0 fully saturated rings. The highest BCUT2D eigenvalue weighted by Crippen LogP contribution is 2.17. The van der Waals surface area contributed by atoms with E-state index in [-0.39, 0.29) is 12.8 Å². The SMILES string of the molecule is Cc1cccc(/C=N/NC2=NC(CCCO)=CC(N(C)C)N2C)c1. The number of nitrogens with one attached hydrogen (secondary N) is 1. The van der Waals surface area contributed by atoms with E-state index in [1.54, 1.807) is 6.21 Å². The number of guanidine groups is 1. The summed E-state index contributed by atoms with van der Waals surface area (Å²) < 4.78 is 0. The third-order valence-electron chi connectivity index (χ3n) is 3.86. The van der Waals surface area contributed by atoms with Gasteiger partial charge in [-0.05, 0) is 45.5 Å². The molecule has 6 heteroatoms. The van der Waals surface area contributed by atoms with Crippen LogP contribution in [0.4, 0.5) is 0 Å². The van der Waals surface area contributed by atoms with Gasteiger partial charge in [0.2, 0.25) is 5.96 Å². The minimum atomic E-state index is 0.105.